The zero-order valence-corrected chi connectivity index (χ0v) is 22.1. The Morgan fingerprint density at radius 1 is 0.949 bits per heavy atom. The van der Waals surface area contributed by atoms with Crippen LogP contribution in [0.4, 0.5) is 5.69 Å². The normalized spacial score (nSPS) is 16.5. The zero-order valence-electron chi connectivity index (χ0n) is 22.1. The van der Waals surface area contributed by atoms with Crippen LogP contribution in [0.2, 0.25) is 0 Å². The van der Waals surface area contributed by atoms with Crippen molar-refractivity contribution in [1.82, 2.24) is 5.32 Å². The number of esters is 3. The number of nitrogens with one attached hydrogen (secondary N) is 1. The fraction of sp³-hybridized carbons (Fsp3) is 0.207. The monoisotopic (exact) mass is 529 g/mol. The summed E-state index contributed by atoms with van der Waals surface area (Å²) in [5, 5.41) is 3.05. The molecule has 10 nitrogen and oxygen atoms in total. The molecule has 1 amide bonds. The number of dihydropyridines is 1. The molecule has 2 aliphatic heterocycles. The number of amides is 1. The van der Waals surface area contributed by atoms with Gasteiger partial charge in [0, 0.05) is 35.8 Å². The fourth-order valence-electron chi connectivity index (χ4n) is 4.52. The molecule has 2 aliphatic rings. The fourth-order valence-corrected chi connectivity index (χ4v) is 4.52. The number of nitrogens with zero attached hydrogens (tertiary/aromatic N) is 2. The third kappa shape index (κ3) is 5.35. The van der Waals surface area contributed by atoms with Crippen molar-refractivity contribution in [2.24, 2.45) is 4.99 Å². The van der Waals surface area contributed by atoms with Crippen LogP contribution in [0.25, 0.3) is 0 Å². The molecule has 2 heterocycles. The molecule has 10 heteroatoms. The van der Waals surface area contributed by atoms with E-state index in [2.05, 4.69) is 10.3 Å². The molecule has 0 bridgehead atoms. The zero-order chi connectivity index (χ0) is 28.3. The summed E-state index contributed by atoms with van der Waals surface area (Å²) in [4.78, 5) is 56.5. The van der Waals surface area contributed by atoms with E-state index in [4.69, 9.17) is 14.2 Å². The van der Waals surface area contributed by atoms with Crippen LogP contribution in [0.5, 0.6) is 0 Å². The van der Waals surface area contributed by atoms with Gasteiger partial charge in [0.05, 0.1) is 31.3 Å². The molecule has 0 saturated carbocycles. The highest BCUT2D eigenvalue weighted by atomic mass is 16.6. The lowest BCUT2D eigenvalue weighted by Gasteiger charge is -2.30. The van der Waals surface area contributed by atoms with Crippen molar-refractivity contribution in [3.05, 3.63) is 100 Å². The van der Waals surface area contributed by atoms with E-state index >= 15 is 0 Å². The number of rotatable bonds is 6. The van der Waals surface area contributed by atoms with Crippen molar-refractivity contribution in [3.8, 4) is 0 Å². The predicted molar refractivity (Wildman–Crippen MR) is 142 cm³/mol. The maximum atomic E-state index is 12.8. The highest BCUT2D eigenvalue weighted by Gasteiger charge is 2.38. The third-order valence-electron chi connectivity index (χ3n) is 6.28. The van der Waals surface area contributed by atoms with E-state index in [1.165, 1.54) is 32.2 Å². The first-order chi connectivity index (χ1) is 18.7. The molecule has 0 radical (unpaired) electrons. The first-order valence-electron chi connectivity index (χ1n) is 12.0. The van der Waals surface area contributed by atoms with E-state index in [1.807, 2.05) is 6.07 Å². The second-order valence-corrected chi connectivity index (χ2v) is 8.79. The van der Waals surface area contributed by atoms with Gasteiger partial charge in [0.25, 0.3) is 0 Å². The number of carbonyl (C=O) groups excluding carboxylic acids is 4. The molecule has 0 aliphatic carbocycles. The van der Waals surface area contributed by atoms with E-state index in [1.54, 1.807) is 62.4 Å². The summed E-state index contributed by atoms with van der Waals surface area (Å²) < 4.78 is 15.3. The molecule has 0 atom stereocenters. The number of carbonyl (C=O) groups is 4. The van der Waals surface area contributed by atoms with E-state index in [-0.39, 0.29) is 22.7 Å². The third-order valence-corrected chi connectivity index (χ3v) is 6.28. The molecule has 0 unspecified atom stereocenters. The summed E-state index contributed by atoms with van der Waals surface area (Å²) in [7, 11) is 2.52. The van der Waals surface area contributed by atoms with E-state index in [0.29, 0.717) is 28.2 Å². The van der Waals surface area contributed by atoms with Crippen LogP contribution in [0, 0.1) is 0 Å². The molecule has 0 spiro atoms. The Labute approximate surface area is 225 Å². The topological polar surface area (TPSA) is 124 Å². The Morgan fingerprint density at radius 3 is 2.13 bits per heavy atom. The first kappa shape index (κ1) is 27.1. The van der Waals surface area contributed by atoms with Crippen LogP contribution in [-0.4, -0.2) is 43.9 Å². The van der Waals surface area contributed by atoms with Crippen LogP contribution in [-0.2, 0) is 33.4 Å². The second-order valence-electron chi connectivity index (χ2n) is 8.79. The minimum atomic E-state index is -0.841. The summed E-state index contributed by atoms with van der Waals surface area (Å²) in [5.74, 6) is -3.05. The van der Waals surface area contributed by atoms with Crippen molar-refractivity contribution >= 4 is 35.4 Å². The van der Waals surface area contributed by atoms with Gasteiger partial charge in [0.2, 0.25) is 11.8 Å². The van der Waals surface area contributed by atoms with Crippen LogP contribution < -0.4 is 10.2 Å². The maximum Gasteiger partial charge on any atom is 0.365 e. The number of hydrogen-bond donors (Lipinski definition) is 1. The largest absolute Gasteiger partial charge is 0.466 e. The Kier molecular flexibility index (Phi) is 7.75. The Hall–Kier alpha value is -4.99. The van der Waals surface area contributed by atoms with Crippen molar-refractivity contribution in [3.63, 3.8) is 0 Å². The van der Waals surface area contributed by atoms with Gasteiger partial charge in [-0.05, 0) is 43.7 Å². The number of anilines is 1. The van der Waals surface area contributed by atoms with Crippen LogP contribution >= 0.6 is 0 Å². The summed E-state index contributed by atoms with van der Waals surface area (Å²) in [6, 6.07) is 15.6. The molecule has 39 heavy (non-hydrogen) atoms. The van der Waals surface area contributed by atoms with Gasteiger partial charge >= 0.3 is 17.9 Å². The van der Waals surface area contributed by atoms with Gasteiger partial charge in [-0.3, -0.25) is 9.69 Å². The Bertz CT molecular complexity index is 1450. The smallest absolute Gasteiger partial charge is 0.365 e. The molecule has 4 rings (SSSR count). The summed E-state index contributed by atoms with van der Waals surface area (Å²) in [5.41, 5.74) is 2.95. The molecule has 2 aromatic rings. The Morgan fingerprint density at radius 2 is 1.56 bits per heavy atom. The quantitative estimate of drug-likeness (QED) is 0.343. The Balaban J connectivity index is 1.80. The SMILES string of the molecule is COC(=O)C1=C(C)NC(C)=C(C(=O)OC)C1c1cccc(N(/C=C2\N=C(c3ccccc3)OC2=O)C(C)=O)c1. The van der Waals surface area contributed by atoms with E-state index < -0.39 is 29.7 Å². The molecular formula is C29H27N3O7. The lowest BCUT2D eigenvalue weighted by atomic mass is 9.80. The minimum absolute atomic E-state index is 0.0618. The lowest BCUT2D eigenvalue weighted by Crippen LogP contribution is -2.32. The molecule has 0 fully saturated rings. The first-order valence-corrected chi connectivity index (χ1v) is 12.0. The molecule has 2 aromatic carbocycles. The standard InChI is InChI=1S/C29H27N3O7/c1-16-23(28(35)37-4)25(24(17(2)30-16)29(36)38-5)20-12-9-13-21(14-20)32(18(3)33)15-22-27(34)39-26(31-22)19-10-7-6-8-11-19/h6-15,25,30H,1-5H3/b22-15-. The number of allylic oxidation sites excluding steroid dienone is 2. The van der Waals surface area contributed by atoms with E-state index in [0.717, 1.165) is 0 Å². The van der Waals surface area contributed by atoms with Gasteiger partial charge in [0.15, 0.2) is 5.70 Å². The molecule has 0 aromatic heterocycles. The maximum absolute atomic E-state index is 12.8. The van der Waals surface area contributed by atoms with Gasteiger partial charge in [-0.25, -0.2) is 19.4 Å². The van der Waals surface area contributed by atoms with Gasteiger partial charge < -0.3 is 19.5 Å². The molecule has 0 saturated heterocycles. The average molecular weight is 530 g/mol. The van der Waals surface area contributed by atoms with Crippen LogP contribution in [0.15, 0.2) is 94.0 Å². The summed E-state index contributed by atoms with van der Waals surface area (Å²) >= 11 is 0. The highest BCUT2D eigenvalue weighted by Crippen LogP contribution is 2.40. The van der Waals surface area contributed by atoms with Crippen molar-refractivity contribution in [2.45, 2.75) is 26.7 Å². The van der Waals surface area contributed by atoms with Crippen molar-refractivity contribution in [1.29, 1.82) is 0 Å². The predicted octanol–water partition coefficient (Wildman–Crippen LogP) is 3.47. The minimum Gasteiger partial charge on any atom is -0.466 e. The van der Waals surface area contributed by atoms with Gasteiger partial charge in [-0.15, -0.1) is 0 Å². The molecular weight excluding hydrogens is 502 g/mol. The van der Waals surface area contributed by atoms with Gasteiger partial charge in [-0.1, -0.05) is 30.3 Å². The number of ether oxygens (including phenoxy) is 3. The number of benzene rings is 2. The summed E-state index contributed by atoms with van der Waals surface area (Å²) in [6.07, 6.45) is 1.30. The number of aliphatic imine (C=N–C) groups is 1. The highest BCUT2D eigenvalue weighted by molar-refractivity contribution is 6.11. The molecule has 1 N–H and O–H groups in total. The summed E-state index contributed by atoms with van der Waals surface area (Å²) in [6.45, 7) is 4.76. The molecule has 200 valence electrons. The lowest BCUT2D eigenvalue weighted by molar-refractivity contribution is -0.137. The number of cyclic esters (lactones) is 1. The van der Waals surface area contributed by atoms with Crippen LogP contribution in [0.1, 0.15) is 37.8 Å². The van der Waals surface area contributed by atoms with Gasteiger partial charge in [-0.2, -0.15) is 0 Å². The van der Waals surface area contributed by atoms with Crippen LogP contribution in [0.3, 0.4) is 0 Å². The van der Waals surface area contributed by atoms with Gasteiger partial charge in [0.1, 0.15) is 0 Å². The van der Waals surface area contributed by atoms with Crippen molar-refractivity contribution in [2.75, 3.05) is 19.1 Å². The number of methoxy groups -OCH3 is 2. The van der Waals surface area contributed by atoms with E-state index in [9.17, 15) is 19.2 Å². The average Bonchev–Trinajstić information content (AvgIpc) is 3.30. The van der Waals surface area contributed by atoms with Crippen molar-refractivity contribution < 1.29 is 33.4 Å². The number of hydrogen-bond acceptors (Lipinski definition) is 9. The second kappa shape index (κ2) is 11.2.